The zero-order valence-electron chi connectivity index (χ0n) is 14.5. The summed E-state index contributed by atoms with van der Waals surface area (Å²) in [7, 11) is 0. The third-order valence-electron chi connectivity index (χ3n) is 4.74. The van der Waals surface area contributed by atoms with Crippen LogP contribution in [0, 0.1) is 0 Å². The van der Waals surface area contributed by atoms with Crippen molar-refractivity contribution >= 4 is 10.9 Å². The van der Waals surface area contributed by atoms with Gasteiger partial charge in [-0.25, -0.2) is 4.68 Å². The van der Waals surface area contributed by atoms with E-state index in [2.05, 4.69) is 20.9 Å². The van der Waals surface area contributed by atoms with Gasteiger partial charge in [-0.15, -0.1) is 5.10 Å². The molecular weight excluding hydrogens is 336 g/mol. The van der Waals surface area contributed by atoms with Gasteiger partial charge in [-0.1, -0.05) is 47.7 Å². The Labute approximate surface area is 155 Å². The van der Waals surface area contributed by atoms with Crippen molar-refractivity contribution in [3.8, 4) is 16.9 Å². The second-order valence-corrected chi connectivity index (χ2v) is 6.47. The molecule has 0 spiro atoms. The summed E-state index contributed by atoms with van der Waals surface area (Å²) in [6.07, 6.45) is 1.93. The molecule has 0 unspecified atom stereocenters. The molecule has 5 heteroatoms. The molecule has 1 aromatic heterocycles. The van der Waals surface area contributed by atoms with Crippen molar-refractivity contribution in [3.05, 3.63) is 101 Å². The van der Waals surface area contributed by atoms with Crippen LogP contribution in [0.5, 0.6) is 0 Å². The normalized spacial score (nSPS) is 11.3. The van der Waals surface area contributed by atoms with Gasteiger partial charge in [-0.2, -0.15) is 0 Å². The van der Waals surface area contributed by atoms with Crippen LogP contribution in [-0.2, 0) is 6.54 Å². The van der Waals surface area contributed by atoms with Crippen LogP contribution in [0.4, 0.5) is 0 Å². The Hall–Kier alpha value is -3.73. The number of nitrogens with zero attached hydrogens (tertiary/aromatic N) is 4. The highest BCUT2D eigenvalue weighted by atomic mass is 16.1. The summed E-state index contributed by atoms with van der Waals surface area (Å²) in [5.41, 5.74) is 4.50. The molecule has 2 aliphatic rings. The van der Waals surface area contributed by atoms with Crippen molar-refractivity contribution < 1.29 is 0 Å². The van der Waals surface area contributed by atoms with Gasteiger partial charge in [0, 0.05) is 11.1 Å². The van der Waals surface area contributed by atoms with Gasteiger partial charge in [0.05, 0.1) is 24.1 Å². The van der Waals surface area contributed by atoms with Crippen molar-refractivity contribution in [2.45, 2.75) is 6.54 Å². The number of para-hydroxylation sites is 2. The zero-order chi connectivity index (χ0) is 18.2. The fourth-order valence-corrected chi connectivity index (χ4v) is 3.46. The van der Waals surface area contributed by atoms with Gasteiger partial charge in [-0.05, 0) is 41.8 Å². The minimum absolute atomic E-state index is 0.0277. The molecular formula is C22H16N4O. The number of aromatic nitrogens is 4. The highest BCUT2D eigenvalue weighted by molar-refractivity contribution is 5.86. The topological polar surface area (TPSA) is 52.7 Å². The minimum atomic E-state index is 0.0277. The van der Waals surface area contributed by atoms with E-state index in [1.807, 2.05) is 66.9 Å². The van der Waals surface area contributed by atoms with Crippen LogP contribution in [0.1, 0.15) is 5.69 Å². The molecule has 0 atom stereocenters. The van der Waals surface area contributed by atoms with Crippen molar-refractivity contribution in [2.75, 3.05) is 0 Å². The maximum atomic E-state index is 12.4. The van der Waals surface area contributed by atoms with E-state index in [0.717, 1.165) is 28.0 Å². The summed E-state index contributed by atoms with van der Waals surface area (Å²) in [6.45, 7) is 0.536. The summed E-state index contributed by atoms with van der Waals surface area (Å²) >= 11 is 0. The van der Waals surface area contributed by atoms with Crippen LogP contribution in [-0.4, -0.2) is 19.6 Å². The first-order chi connectivity index (χ1) is 13.3. The first kappa shape index (κ1) is 15.5. The van der Waals surface area contributed by atoms with E-state index in [-0.39, 0.29) is 5.43 Å². The monoisotopic (exact) mass is 352 g/mol. The quantitative estimate of drug-likeness (QED) is 0.465. The van der Waals surface area contributed by atoms with Crippen molar-refractivity contribution in [2.24, 2.45) is 0 Å². The van der Waals surface area contributed by atoms with E-state index >= 15 is 0 Å². The lowest BCUT2D eigenvalue weighted by Crippen LogP contribution is -2.13. The molecule has 0 radical (unpaired) electrons. The van der Waals surface area contributed by atoms with E-state index in [4.69, 9.17) is 0 Å². The maximum Gasteiger partial charge on any atom is 0.187 e. The number of hydrogen-bond donors (Lipinski definition) is 0. The summed E-state index contributed by atoms with van der Waals surface area (Å²) in [4.78, 5) is 12.4. The van der Waals surface area contributed by atoms with Crippen molar-refractivity contribution in [3.63, 3.8) is 0 Å². The van der Waals surface area contributed by atoms with E-state index < -0.39 is 0 Å². The van der Waals surface area contributed by atoms with Gasteiger partial charge < -0.3 is 4.57 Å². The third-order valence-corrected chi connectivity index (χ3v) is 4.74. The van der Waals surface area contributed by atoms with Crippen molar-refractivity contribution in [1.82, 2.24) is 19.6 Å². The summed E-state index contributed by atoms with van der Waals surface area (Å²) in [5, 5.41) is 9.62. The van der Waals surface area contributed by atoms with Gasteiger partial charge in [0.1, 0.15) is 5.69 Å². The van der Waals surface area contributed by atoms with Gasteiger partial charge in [0.15, 0.2) is 5.43 Å². The van der Waals surface area contributed by atoms with Crippen LogP contribution in [0.3, 0.4) is 0 Å². The zero-order valence-corrected chi connectivity index (χ0v) is 14.5. The van der Waals surface area contributed by atoms with Crippen molar-refractivity contribution in [1.29, 1.82) is 0 Å². The predicted octanol–water partition coefficient (Wildman–Crippen LogP) is 3.74. The summed E-state index contributed by atoms with van der Waals surface area (Å²) in [5.74, 6) is 0. The smallest absolute Gasteiger partial charge is 0.187 e. The SMILES string of the molecule is O=c1cccc2n(Cc3cn(-c4ccccc4)nn3)c3ccccc3cc1-2. The molecule has 3 aromatic rings. The Bertz CT molecular complexity index is 1270. The van der Waals surface area contributed by atoms with E-state index in [0.29, 0.717) is 12.1 Å². The first-order valence-corrected chi connectivity index (χ1v) is 8.77. The molecule has 0 amide bonds. The summed E-state index contributed by atoms with van der Waals surface area (Å²) in [6, 6.07) is 25.3. The Morgan fingerprint density at radius 2 is 1.67 bits per heavy atom. The van der Waals surface area contributed by atoms with E-state index in [9.17, 15) is 4.79 Å². The van der Waals surface area contributed by atoms with Gasteiger partial charge >= 0.3 is 0 Å². The highest BCUT2D eigenvalue weighted by Crippen LogP contribution is 2.26. The molecule has 2 heterocycles. The van der Waals surface area contributed by atoms with Crippen LogP contribution in [0.25, 0.3) is 27.8 Å². The molecule has 0 saturated carbocycles. The highest BCUT2D eigenvalue weighted by Gasteiger charge is 2.14. The Morgan fingerprint density at radius 3 is 2.56 bits per heavy atom. The lowest BCUT2D eigenvalue weighted by atomic mass is 10.0. The first-order valence-electron chi connectivity index (χ1n) is 8.77. The Morgan fingerprint density at radius 1 is 0.852 bits per heavy atom. The second kappa shape index (κ2) is 6.21. The van der Waals surface area contributed by atoms with Crippen LogP contribution >= 0.6 is 0 Å². The van der Waals surface area contributed by atoms with Crippen LogP contribution in [0.15, 0.2) is 89.9 Å². The largest absolute Gasteiger partial charge is 0.334 e. The molecule has 2 aromatic carbocycles. The van der Waals surface area contributed by atoms with Gasteiger partial charge in [0.25, 0.3) is 0 Å². The predicted molar refractivity (Wildman–Crippen MR) is 105 cm³/mol. The number of benzene rings is 3. The van der Waals surface area contributed by atoms with Gasteiger partial charge in [-0.3, -0.25) is 4.79 Å². The molecule has 5 nitrogen and oxygen atoms in total. The number of hydrogen-bond acceptors (Lipinski definition) is 3. The average molecular weight is 352 g/mol. The molecule has 0 bridgehead atoms. The second-order valence-electron chi connectivity index (χ2n) is 6.47. The van der Waals surface area contributed by atoms with Crippen LogP contribution < -0.4 is 5.43 Å². The molecule has 27 heavy (non-hydrogen) atoms. The van der Waals surface area contributed by atoms with E-state index in [1.165, 1.54) is 0 Å². The molecule has 0 fully saturated rings. The lowest BCUT2D eigenvalue weighted by molar-refractivity contribution is 0.774. The maximum absolute atomic E-state index is 12.4. The summed E-state index contributed by atoms with van der Waals surface area (Å²) < 4.78 is 3.90. The number of pyridine rings is 1. The Balaban J connectivity index is 1.65. The lowest BCUT2D eigenvalue weighted by Gasteiger charge is -2.17. The fraction of sp³-hybridized carbons (Fsp3) is 0.0455. The molecule has 5 rings (SSSR count). The molecule has 0 saturated heterocycles. The molecule has 1 aliphatic carbocycles. The fourth-order valence-electron chi connectivity index (χ4n) is 3.46. The molecule has 1 aliphatic heterocycles. The molecule has 130 valence electrons. The number of rotatable bonds is 3. The third kappa shape index (κ3) is 2.69. The van der Waals surface area contributed by atoms with Gasteiger partial charge in [0.2, 0.25) is 0 Å². The average Bonchev–Trinajstić information content (AvgIpc) is 3.18. The standard InChI is InChI=1S/C22H16N4O/c27-22-12-6-11-21-19(22)13-16-7-4-5-10-20(16)25(21)14-17-15-26(24-23-17)18-8-2-1-3-9-18/h1-13,15H,14H2. The van der Waals surface area contributed by atoms with E-state index in [1.54, 1.807) is 16.8 Å². The van der Waals surface area contributed by atoms with Crippen LogP contribution in [0.2, 0.25) is 0 Å². The molecule has 0 N–H and O–H groups in total. The Kier molecular flexibility index (Phi) is 3.57. The minimum Gasteiger partial charge on any atom is -0.334 e. The number of fused-ring (bicyclic) bond motifs is 2.